The molecule has 22 heavy (non-hydrogen) atoms. The summed E-state index contributed by atoms with van der Waals surface area (Å²) in [6.07, 6.45) is 3.18. The van der Waals surface area contributed by atoms with Crippen LogP contribution in [0.1, 0.15) is 12.7 Å². The summed E-state index contributed by atoms with van der Waals surface area (Å²) in [5.74, 6) is 1.13. The Balaban J connectivity index is 1.85. The number of anilines is 1. The molecule has 0 aliphatic carbocycles. The van der Waals surface area contributed by atoms with Crippen LogP contribution in [0.3, 0.4) is 0 Å². The summed E-state index contributed by atoms with van der Waals surface area (Å²) in [6.45, 7) is 2.51. The van der Waals surface area contributed by atoms with E-state index in [1.807, 2.05) is 19.1 Å². The number of carbonyl (C=O) groups is 1. The number of nitrogens with zero attached hydrogens (tertiary/aromatic N) is 1. The van der Waals surface area contributed by atoms with Gasteiger partial charge in [0.1, 0.15) is 17.2 Å². The average Bonchev–Trinajstić information content (AvgIpc) is 3.10. The summed E-state index contributed by atoms with van der Waals surface area (Å²) in [6, 6.07) is 10.7. The fraction of sp³-hybridized carbons (Fsp3) is 0.125. The van der Waals surface area contributed by atoms with Crippen LogP contribution in [0.15, 0.2) is 52.8 Å². The van der Waals surface area contributed by atoms with Gasteiger partial charge in [-0.25, -0.2) is 0 Å². The van der Waals surface area contributed by atoms with Gasteiger partial charge in [0.05, 0.1) is 18.6 Å². The molecule has 6 heteroatoms. The lowest BCUT2D eigenvalue weighted by molar-refractivity contribution is -0.113. The first-order valence-electron chi connectivity index (χ1n) is 6.82. The molecule has 1 N–H and O–H groups in total. The predicted octanol–water partition coefficient (Wildman–Crippen LogP) is 2.94. The van der Waals surface area contributed by atoms with Gasteiger partial charge in [-0.05, 0) is 55.5 Å². The molecule has 0 spiro atoms. The van der Waals surface area contributed by atoms with E-state index in [0.29, 0.717) is 28.9 Å². The van der Waals surface area contributed by atoms with E-state index in [9.17, 15) is 4.79 Å². The highest BCUT2D eigenvalue weighted by Gasteiger charge is 2.32. The number of thiocarbonyl (C=S) groups is 1. The molecule has 0 saturated carbocycles. The van der Waals surface area contributed by atoms with Gasteiger partial charge in [-0.1, -0.05) is 0 Å². The lowest BCUT2D eigenvalue weighted by Gasteiger charge is -2.14. The molecule has 1 aromatic carbocycles. The molecule has 0 unspecified atom stereocenters. The number of rotatable bonds is 4. The van der Waals surface area contributed by atoms with E-state index >= 15 is 0 Å². The molecule has 2 heterocycles. The SMILES string of the molecule is CCOc1ccc(N2C(=O)/C(=C/c3ccco3)NC2=S)cc1. The van der Waals surface area contributed by atoms with Crippen LogP contribution >= 0.6 is 12.2 Å². The minimum atomic E-state index is -0.217. The van der Waals surface area contributed by atoms with Crippen molar-refractivity contribution >= 4 is 35.0 Å². The summed E-state index contributed by atoms with van der Waals surface area (Å²) in [4.78, 5) is 13.9. The maximum Gasteiger partial charge on any atom is 0.281 e. The number of nitrogens with one attached hydrogen (secondary N) is 1. The van der Waals surface area contributed by atoms with Crippen molar-refractivity contribution in [3.63, 3.8) is 0 Å². The second kappa shape index (κ2) is 6.03. The first-order chi connectivity index (χ1) is 10.7. The van der Waals surface area contributed by atoms with Crippen LogP contribution in [0.5, 0.6) is 5.75 Å². The fourth-order valence-electron chi connectivity index (χ4n) is 2.14. The van der Waals surface area contributed by atoms with E-state index in [-0.39, 0.29) is 5.91 Å². The van der Waals surface area contributed by atoms with Crippen LogP contribution in [0, 0.1) is 0 Å². The van der Waals surface area contributed by atoms with Gasteiger partial charge in [-0.2, -0.15) is 0 Å². The van der Waals surface area contributed by atoms with Gasteiger partial charge in [0, 0.05) is 6.08 Å². The van der Waals surface area contributed by atoms with Crippen LogP contribution in [-0.2, 0) is 4.79 Å². The largest absolute Gasteiger partial charge is 0.494 e. The fourth-order valence-corrected chi connectivity index (χ4v) is 2.44. The molecular weight excluding hydrogens is 300 g/mol. The van der Waals surface area contributed by atoms with E-state index in [4.69, 9.17) is 21.4 Å². The Bertz CT molecular complexity index is 720. The Hall–Kier alpha value is -2.60. The van der Waals surface area contributed by atoms with Gasteiger partial charge >= 0.3 is 0 Å². The number of benzene rings is 1. The number of carbonyl (C=O) groups excluding carboxylic acids is 1. The van der Waals surface area contributed by atoms with Gasteiger partial charge in [-0.3, -0.25) is 9.69 Å². The van der Waals surface area contributed by atoms with Crippen molar-refractivity contribution in [1.82, 2.24) is 5.32 Å². The third-order valence-electron chi connectivity index (χ3n) is 3.11. The highest BCUT2D eigenvalue weighted by Crippen LogP contribution is 2.24. The molecule has 0 bridgehead atoms. The zero-order valence-electron chi connectivity index (χ0n) is 11.9. The molecule has 2 aromatic rings. The summed E-state index contributed by atoms with van der Waals surface area (Å²) >= 11 is 5.25. The first kappa shape index (κ1) is 14.3. The van der Waals surface area contributed by atoms with Crippen molar-refractivity contribution in [2.24, 2.45) is 0 Å². The van der Waals surface area contributed by atoms with Gasteiger partial charge in [0.2, 0.25) is 0 Å². The van der Waals surface area contributed by atoms with Crippen LogP contribution in [0.2, 0.25) is 0 Å². The minimum absolute atomic E-state index is 0.217. The Morgan fingerprint density at radius 3 is 2.73 bits per heavy atom. The maximum absolute atomic E-state index is 12.5. The summed E-state index contributed by atoms with van der Waals surface area (Å²) in [5.41, 5.74) is 1.07. The van der Waals surface area contributed by atoms with Crippen LogP contribution < -0.4 is 15.0 Å². The predicted molar refractivity (Wildman–Crippen MR) is 87.5 cm³/mol. The van der Waals surface area contributed by atoms with Gasteiger partial charge in [0.25, 0.3) is 5.91 Å². The lowest BCUT2D eigenvalue weighted by atomic mass is 10.2. The Kier molecular flexibility index (Phi) is 3.93. The molecule has 1 fully saturated rings. The molecule has 1 aliphatic heterocycles. The molecule has 1 saturated heterocycles. The number of amides is 1. The Morgan fingerprint density at radius 1 is 1.32 bits per heavy atom. The average molecular weight is 314 g/mol. The van der Waals surface area contributed by atoms with Gasteiger partial charge in [-0.15, -0.1) is 0 Å². The van der Waals surface area contributed by atoms with Crippen molar-refractivity contribution < 1.29 is 13.9 Å². The van der Waals surface area contributed by atoms with E-state index in [1.165, 1.54) is 4.90 Å². The normalized spacial score (nSPS) is 16.2. The smallest absolute Gasteiger partial charge is 0.281 e. The van der Waals surface area contributed by atoms with Gasteiger partial charge in [0.15, 0.2) is 5.11 Å². The molecule has 5 nitrogen and oxygen atoms in total. The zero-order chi connectivity index (χ0) is 15.5. The molecule has 112 valence electrons. The third-order valence-corrected chi connectivity index (χ3v) is 3.40. The van der Waals surface area contributed by atoms with Crippen LogP contribution in [-0.4, -0.2) is 17.6 Å². The highest BCUT2D eigenvalue weighted by molar-refractivity contribution is 7.80. The van der Waals surface area contributed by atoms with Crippen LogP contribution in [0.25, 0.3) is 6.08 Å². The molecule has 1 aromatic heterocycles. The van der Waals surface area contributed by atoms with Crippen molar-refractivity contribution in [3.05, 3.63) is 54.1 Å². The quantitative estimate of drug-likeness (QED) is 0.694. The minimum Gasteiger partial charge on any atom is -0.494 e. The Labute approximate surface area is 133 Å². The standard InChI is InChI=1S/C16H14N2O3S/c1-2-20-12-7-5-11(6-8-12)18-15(19)14(17-16(18)22)10-13-4-3-9-21-13/h3-10H,2H2,1H3,(H,17,22)/b14-10-. The molecule has 1 amide bonds. The number of ether oxygens (including phenoxy) is 1. The molecular formula is C16H14N2O3S. The first-order valence-corrected chi connectivity index (χ1v) is 7.23. The van der Waals surface area contributed by atoms with Crippen molar-refractivity contribution in [1.29, 1.82) is 0 Å². The van der Waals surface area contributed by atoms with Crippen molar-refractivity contribution in [3.8, 4) is 5.75 Å². The maximum atomic E-state index is 12.5. The van der Waals surface area contributed by atoms with Gasteiger partial charge < -0.3 is 14.5 Å². The summed E-state index contributed by atoms with van der Waals surface area (Å²) in [5, 5.41) is 3.25. The molecule has 0 atom stereocenters. The molecule has 3 rings (SSSR count). The zero-order valence-corrected chi connectivity index (χ0v) is 12.7. The second-order valence-corrected chi connectivity index (χ2v) is 4.96. The van der Waals surface area contributed by atoms with E-state index in [0.717, 1.165) is 5.75 Å². The number of hydrogen-bond acceptors (Lipinski definition) is 4. The van der Waals surface area contributed by atoms with E-state index in [1.54, 1.807) is 36.6 Å². The topological polar surface area (TPSA) is 54.7 Å². The summed E-state index contributed by atoms with van der Waals surface area (Å²) in [7, 11) is 0. The van der Waals surface area contributed by atoms with E-state index in [2.05, 4.69) is 5.32 Å². The number of hydrogen-bond donors (Lipinski definition) is 1. The van der Waals surface area contributed by atoms with E-state index < -0.39 is 0 Å². The highest BCUT2D eigenvalue weighted by atomic mass is 32.1. The van der Waals surface area contributed by atoms with Crippen LogP contribution in [0.4, 0.5) is 5.69 Å². The Morgan fingerprint density at radius 2 is 2.09 bits per heavy atom. The molecule has 0 radical (unpaired) electrons. The van der Waals surface area contributed by atoms with Crippen molar-refractivity contribution in [2.45, 2.75) is 6.92 Å². The second-order valence-electron chi connectivity index (χ2n) is 4.57. The lowest BCUT2D eigenvalue weighted by Crippen LogP contribution is -2.30. The number of furan rings is 1. The third kappa shape index (κ3) is 2.73. The monoisotopic (exact) mass is 314 g/mol. The van der Waals surface area contributed by atoms with Crippen molar-refractivity contribution in [2.75, 3.05) is 11.5 Å². The summed E-state index contributed by atoms with van der Waals surface area (Å²) < 4.78 is 10.6. The molecule has 1 aliphatic rings.